The number of carboxylic acids is 2. The number of fused-ring (bicyclic) bond motifs is 2. The van der Waals surface area contributed by atoms with E-state index in [0.717, 1.165) is 62.7 Å². The summed E-state index contributed by atoms with van der Waals surface area (Å²) in [5.41, 5.74) is 2.51. The number of benzene rings is 4. The molecule has 8 rings (SSSR count). The fourth-order valence-electron chi connectivity index (χ4n) is 10.1. The third-order valence-corrected chi connectivity index (χ3v) is 14.5. The summed E-state index contributed by atoms with van der Waals surface area (Å²) in [6.45, 7) is 11.3. The van der Waals surface area contributed by atoms with Crippen LogP contribution < -0.4 is 40.9 Å². The molecule has 0 aromatic heterocycles. The summed E-state index contributed by atoms with van der Waals surface area (Å²) in [5.74, 6) is -3.09. The van der Waals surface area contributed by atoms with E-state index in [1.807, 2.05) is 90.1 Å². The predicted octanol–water partition coefficient (Wildman–Crippen LogP) is 8.97. The number of para-hydroxylation sites is 4. The summed E-state index contributed by atoms with van der Waals surface area (Å²) in [4.78, 5) is 110. The number of ketones is 2. The number of Topliss-reactive ketones (excluding diaryl/α,β-unsaturated/α-hetero) is 2. The van der Waals surface area contributed by atoms with E-state index in [1.165, 1.54) is 59.0 Å². The number of hydrogen-bond donors (Lipinski definition) is 6. The van der Waals surface area contributed by atoms with Crippen LogP contribution in [-0.4, -0.2) is 146 Å². The smallest absolute Gasteiger partial charge is 0.335 e. The van der Waals surface area contributed by atoms with Gasteiger partial charge in [0.1, 0.15) is 12.1 Å². The summed E-state index contributed by atoms with van der Waals surface area (Å²) in [5, 5.41) is 29.4. The molecule has 2 radical (unpaired) electrons. The molecule has 2 heterocycles. The van der Waals surface area contributed by atoms with Crippen molar-refractivity contribution in [1.29, 1.82) is 0 Å². The number of nitrogens with one attached hydrogen (secondary N) is 4. The minimum atomic E-state index is -1.10. The minimum Gasteiger partial charge on any atom is -0.478 e. The molecule has 4 aromatic rings. The van der Waals surface area contributed by atoms with Crippen LogP contribution in [0.2, 0.25) is 0 Å². The Kier molecular flexibility index (Phi) is 20.4. The van der Waals surface area contributed by atoms with Gasteiger partial charge in [0, 0.05) is 85.1 Å². The molecule has 4 aromatic carbocycles. The Bertz CT molecular complexity index is 2630. The Hall–Kier alpha value is -6.50. The van der Waals surface area contributed by atoms with E-state index in [9.17, 15) is 48.6 Å². The van der Waals surface area contributed by atoms with E-state index in [1.54, 1.807) is 12.1 Å². The van der Waals surface area contributed by atoms with Crippen molar-refractivity contribution >= 4 is 119 Å². The molecule has 77 heavy (non-hydrogen) atoms. The molecule has 18 nitrogen and oxygen atoms in total. The molecule has 2 fully saturated rings. The summed E-state index contributed by atoms with van der Waals surface area (Å²) in [7, 11) is 0. The molecule has 6 amide bonds. The number of aromatic carboxylic acids is 2. The zero-order valence-electron chi connectivity index (χ0n) is 45.1. The number of carbonyl (C=O) groups is 8. The van der Waals surface area contributed by atoms with Crippen LogP contribution in [0.1, 0.15) is 126 Å². The van der Waals surface area contributed by atoms with Crippen molar-refractivity contribution in [3.8, 4) is 0 Å². The van der Waals surface area contributed by atoms with Crippen molar-refractivity contribution < 1.29 is 48.6 Å². The topological polar surface area (TPSA) is 238 Å². The Morgan fingerprint density at radius 2 is 0.831 bits per heavy atom. The van der Waals surface area contributed by atoms with Crippen molar-refractivity contribution in [1.82, 2.24) is 10.6 Å². The summed E-state index contributed by atoms with van der Waals surface area (Å²) in [6.07, 6.45) is 10.7. The summed E-state index contributed by atoms with van der Waals surface area (Å²) in [6, 6.07) is 24.4. The molecular weight excluding hydrogens is 1010 g/mol. The van der Waals surface area contributed by atoms with Gasteiger partial charge in [-0.1, -0.05) is 116 Å². The predicted molar refractivity (Wildman–Crippen MR) is 299 cm³/mol. The van der Waals surface area contributed by atoms with Gasteiger partial charge in [-0.25, -0.2) is 19.2 Å². The number of anilines is 6. The van der Waals surface area contributed by atoms with Gasteiger partial charge < -0.3 is 51.1 Å². The van der Waals surface area contributed by atoms with Gasteiger partial charge in [-0.3, -0.25) is 19.2 Å². The first kappa shape index (κ1) is 59.7. The second-order valence-electron chi connectivity index (χ2n) is 22.1. The van der Waals surface area contributed by atoms with Gasteiger partial charge in [0.15, 0.2) is 11.6 Å². The second-order valence-corrected chi connectivity index (χ2v) is 22.1. The third kappa shape index (κ3) is 15.4. The molecule has 406 valence electrons. The van der Waals surface area contributed by atoms with Crippen LogP contribution >= 0.6 is 0 Å². The maximum atomic E-state index is 14.0. The second kappa shape index (κ2) is 26.2. The zero-order chi connectivity index (χ0) is 54.9. The van der Waals surface area contributed by atoms with Gasteiger partial charge >= 0.3 is 24.0 Å². The quantitative estimate of drug-likeness (QED) is 0.0729. The molecule has 2 atom stereocenters. The first-order valence-electron chi connectivity index (χ1n) is 26.3. The van der Waals surface area contributed by atoms with Crippen molar-refractivity contribution in [3.63, 3.8) is 0 Å². The number of hydrogen-bond acceptors (Lipinski definition) is 10. The van der Waals surface area contributed by atoms with E-state index >= 15 is 0 Å². The average molecular weight is 1080 g/mol. The van der Waals surface area contributed by atoms with Crippen LogP contribution in [0.15, 0.2) is 97.1 Å². The Morgan fingerprint density at radius 3 is 1.16 bits per heavy atom. The maximum Gasteiger partial charge on any atom is 0.335 e. The van der Waals surface area contributed by atoms with Gasteiger partial charge in [-0.15, -0.1) is 0 Å². The first-order chi connectivity index (χ1) is 36.1. The van der Waals surface area contributed by atoms with Crippen molar-refractivity contribution in [2.45, 2.75) is 130 Å². The normalized spacial score (nSPS) is 18.2. The van der Waals surface area contributed by atoms with E-state index in [0.29, 0.717) is 22.7 Å². The molecule has 2 saturated carbocycles. The molecule has 2 aliphatic heterocycles. The molecule has 4 aliphatic rings. The van der Waals surface area contributed by atoms with Gasteiger partial charge in [0.05, 0.1) is 47.0 Å². The largest absolute Gasteiger partial charge is 0.478 e. The standard InChI is InChI=1S/2C29H36N4O5.Ca/c2*1-29(2,3)25(34)18-33-24-15-8-7-14-23(24)32(21-12-5-4-6-13-21)17-22(26(33)35)31-28(38)30-20-11-9-10-19(16-20)27(36)37;/h2*7-11,14-16,21-22H,4-6,12-13,17-18H2,1-3H3,(H,36,37)(H2,30,31,38);/t2*22-;/m11./s1. The fraction of sp³-hybridized carbons (Fsp3) is 0.448. The summed E-state index contributed by atoms with van der Waals surface area (Å²) >= 11 is 0. The van der Waals surface area contributed by atoms with Crippen LogP contribution in [0.3, 0.4) is 0 Å². The minimum absolute atomic E-state index is 0. The van der Waals surface area contributed by atoms with Crippen molar-refractivity contribution in [2.24, 2.45) is 10.8 Å². The average Bonchev–Trinajstić information content (AvgIpc) is 3.59. The molecule has 0 saturated heterocycles. The van der Waals surface area contributed by atoms with E-state index in [4.69, 9.17) is 0 Å². The Morgan fingerprint density at radius 1 is 0.494 bits per heavy atom. The molecule has 0 unspecified atom stereocenters. The molecule has 0 bridgehead atoms. The van der Waals surface area contributed by atoms with Crippen LogP contribution in [0.5, 0.6) is 0 Å². The third-order valence-electron chi connectivity index (χ3n) is 14.5. The maximum absolute atomic E-state index is 14.0. The molecule has 19 heteroatoms. The molecule has 2 aliphatic carbocycles. The monoisotopic (exact) mass is 1080 g/mol. The van der Waals surface area contributed by atoms with E-state index in [2.05, 4.69) is 31.1 Å². The van der Waals surface area contributed by atoms with Crippen LogP contribution in [0, 0.1) is 10.8 Å². The summed E-state index contributed by atoms with van der Waals surface area (Å²) < 4.78 is 0. The van der Waals surface area contributed by atoms with Gasteiger partial charge in [0.2, 0.25) is 0 Å². The number of carboxylic acid groups (broad SMARTS) is 2. The number of nitrogens with zero attached hydrogens (tertiary/aromatic N) is 4. The fourth-order valence-corrected chi connectivity index (χ4v) is 10.1. The van der Waals surface area contributed by atoms with Crippen molar-refractivity contribution in [2.75, 3.05) is 56.4 Å². The van der Waals surface area contributed by atoms with E-state index < -0.39 is 46.9 Å². The first-order valence-corrected chi connectivity index (χ1v) is 26.3. The SMILES string of the molecule is CC(C)(C)C(=O)CN1C(=O)[C@H](NC(=O)Nc2cccc(C(=O)O)c2)CN(C2CCCCC2)c2ccccc21.CC(C)(C)C(=O)CN1C(=O)[C@H](NC(=O)Nc2cccc(C(=O)O)c2)CN(C2CCCCC2)c2ccccc21.[Ca]. The number of rotatable bonds is 12. The Balaban J connectivity index is 0.000000246. The molecular formula is C58H72CaN8O10. The van der Waals surface area contributed by atoms with Crippen LogP contribution in [0.25, 0.3) is 0 Å². The van der Waals surface area contributed by atoms with E-state index in [-0.39, 0.29) is 111 Å². The van der Waals surface area contributed by atoms with Gasteiger partial charge in [-0.2, -0.15) is 0 Å². The van der Waals surface area contributed by atoms with Crippen LogP contribution in [-0.2, 0) is 19.2 Å². The van der Waals surface area contributed by atoms with Crippen molar-refractivity contribution in [3.05, 3.63) is 108 Å². The number of urea groups is 2. The van der Waals surface area contributed by atoms with Gasteiger partial charge in [0.25, 0.3) is 11.8 Å². The number of carbonyl (C=O) groups excluding carboxylic acids is 6. The number of amides is 6. The van der Waals surface area contributed by atoms with Gasteiger partial charge in [-0.05, 0) is 86.3 Å². The molecule has 0 spiro atoms. The zero-order valence-corrected chi connectivity index (χ0v) is 47.3. The van der Waals surface area contributed by atoms with Crippen LogP contribution in [0.4, 0.5) is 43.7 Å². The Labute approximate surface area is 480 Å². The molecule has 6 N–H and O–H groups in total.